The molecular formula is C15H24N2O2. The first kappa shape index (κ1) is 12.9. The average Bonchev–Trinajstić information content (AvgIpc) is 2.30. The van der Waals surface area contributed by atoms with Crippen molar-refractivity contribution < 1.29 is 9.59 Å². The van der Waals surface area contributed by atoms with Gasteiger partial charge in [0.1, 0.15) is 6.04 Å². The Labute approximate surface area is 114 Å². The second-order valence-electron chi connectivity index (χ2n) is 6.69. The highest BCUT2D eigenvalue weighted by atomic mass is 16.2. The van der Waals surface area contributed by atoms with E-state index in [0.717, 1.165) is 32.2 Å². The first-order valence-corrected chi connectivity index (χ1v) is 7.70. The van der Waals surface area contributed by atoms with Crippen LogP contribution in [0.15, 0.2) is 0 Å². The van der Waals surface area contributed by atoms with Crippen molar-refractivity contribution in [3.63, 3.8) is 0 Å². The molecule has 1 spiro atoms. The number of likely N-dealkylation sites (tertiary alicyclic amines) is 1. The zero-order chi connectivity index (χ0) is 13.5. The van der Waals surface area contributed by atoms with Gasteiger partial charge in [0, 0.05) is 19.0 Å². The fourth-order valence-corrected chi connectivity index (χ4v) is 3.87. The van der Waals surface area contributed by atoms with Gasteiger partial charge in [-0.25, -0.2) is 0 Å². The summed E-state index contributed by atoms with van der Waals surface area (Å²) in [5.74, 6) is 0.174. The Kier molecular flexibility index (Phi) is 3.27. The van der Waals surface area contributed by atoms with Crippen LogP contribution in [0.25, 0.3) is 0 Å². The number of hydrogen-bond acceptors (Lipinski definition) is 2. The van der Waals surface area contributed by atoms with Gasteiger partial charge in [-0.1, -0.05) is 6.42 Å². The molecule has 0 aromatic carbocycles. The molecule has 0 bridgehead atoms. The number of rotatable bonds is 3. The van der Waals surface area contributed by atoms with Crippen LogP contribution < -0.4 is 5.32 Å². The van der Waals surface area contributed by atoms with Crippen LogP contribution >= 0.6 is 0 Å². The summed E-state index contributed by atoms with van der Waals surface area (Å²) in [5.41, 5.74) is 0.585. The van der Waals surface area contributed by atoms with Gasteiger partial charge in [-0.3, -0.25) is 9.59 Å². The number of piperidine rings is 1. The minimum atomic E-state index is -0.300. The molecule has 1 saturated heterocycles. The molecule has 1 N–H and O–H groups in total. The van der Waals surface area contributed by atoms with Crippen molar-refractivity contribution in [1.29, 1.82) is 0 Å². The monoisotopic (exact) mass is 264 g/mol. The predicted molar refractivity (Wildman–Crippen MR) is 72.5 cm³/mol. The van der Waals surface area contributed by atoms with Gasteiger partial charge in [-0.2, -0.15) is 0 Å². The van der Waals surface area contributed by atoms with Crippen LogP contribution in [0.3, 0.4) is 0 Å². The molecule has 1 atom stereocenters. The van der Waals surface area contributed by atoms with Gasteiger partial charge in [-0.15, -0.1) is 0 Å². The summed E-state index contributed by atoms with van der Waals surface area (Å²) >= 11 is 0. The lowest BCUT2D eigenvalue weighted by Crippen LogP contribution is -2.57. The van der Waals surface area contributed by atoms with Gasteiger partial charge < -0.3 is 10.2 Å². The summed E-state index contributed by atoms with van der Waals surface area (Å²) in [5, 5.41) is 3.12. The third kappa shape index (κ3) is 2.37. The standard InChI is InChI=1S/C15H24N2O2/c1-11(17-8-3-2-5-13(17)18)14(19)16-12-9-15(10-12)6-4-7-15/h11-12H,2-10H2,1H3,(H,16,19). The summed E-state index contributed by atoms with van der Waals surface area (Å²) in [7, 11) is 0. The van der Waals surface area contributed by atoms with E-state index in [-0.39, 0.29) is 17.9 Å². The molecule has 0 aromatic rings. The highest BCUT2D eigenvalue weighted by Crippen LogP contribution is 2.55. The Hall–Kier alpha value is -1.06. The molecule has 3 rings (SSSR count). The van der Waals surface area contributed by atoms with Crippen LogP contribution in [-0.2, 0) is 9.59 Å². The number of carbonyl (C=O) groups is 2. The fourth-order valence-electron chi connectivity index (χ4n) is 3.87. The Balaban J connectivity index is 1.48. The van der Waals surface area contributed by atoms with Crippen LogP contribution in [0.2, 0.25) is 0 Å². The van der Waals surface area contributed by atoms with E-state index in [2.05, 4.69) is 5.32 Å². The van der Waals surface area contributed by atoms with E-state index in [9.17, 15) is 9.59 Å². The maximum absolute atomic E-state index is 12.2. The van der Waals surface area contributed by atoms with Crippen LogP contribution in [0, 0.1) is 5.41 Å². The van der Waals surface area contributed by atoms with Crippen molar-refractivity contribution in [3.8, 4) is 0 Å². The normalized spacial score (nSPS) is 27.6. The van der Waals surface area contributed by atoms with Crippen LogP contribution in [0.1, 0.15) is 58.3 Å². The Morgan fingerprint density at radius 2 is 2.05 bits per heavy atom. The average molecular weight is 264 g/mol. The molecule has 106 valence electrons. The minimum Gasteiger partial charge on any atom is -0.352 e. The number of nitrogens with one attached hydrogen (secondary N) is 1. The summed E-state index contributed by atoms with van der Waals surface area (Å²) in [6, 6.07) is 0.0564. The number of carbonyl (C=O) groups excluding carboxylic acids is 2. The molecule has 0 aromatic heterocycles. The molecular weight excluding hydrogens is 240 g/mol. The number of hydrogen-bond donors (Lipinski definition) is 1. The molecule has 2 amide bonds. The van der Waals surface area contributed by atoms with Crippen molar-refractivity contribution in [2.75, 3.05) is 6.54 Å². The lowest BCUT2D eigenvalue weighted by molar-refractivity contribution is -0.143. The van der Waals surface area contributed by atoms with Crippen molar-refractivity contribution in [2.45, 2.75) is 70.4 Å². The predicted octanol–water partition coefficient (Wildman–Crippen LogP) is 1.84. The van der Waals surface area contributed by atoms with Gasteiger partial charge in [0.25, 0.3) is 0 Å². The molecule has 1 aliphatic heterocycles. The molecule has 3 fully saturated rings. The van der Waals surface area contributed by atoms with Crippen LogP contribution in [-0.4, -0.2) is 35.3 Å². The fraction of sp³-hybridized carbons (Fsp3) is 0.867. The maximum Gasteiger partial charge on any atom is 0.242 e. The topological polar surface area (TPSA) is 49.4 Å². The second-order valence-corrected chi connectivity index (χ2v) is 6.69. The second kappa shape index (κ2) is 4.80. The quantitative estimate of drug-likeness (QED) is 0.845. The van der Waals surface area contributed by atoms with E-state index >= 15 is 0 Å². The number of nitrogens with zero attached hydrogens (tertiary/aromatic N) is 1. The highest BCUT2D eigenvalue weighted by Gasteiger charge is 2.48. The van der Waals surface area contributed by atoms with Gasteiger partial charge in [-0.05, 0) is 50.9 Å². The van der Waals surface area contributed by atoms with E-state index in [0.29, 0.717) is 17.9 Å². The van der Waals surface area contributed by atoms with E-state index in [1.807, 2.05) is 6.92 Å². The van der Waals surface area contributed by atoms with E-state index in [1.54, 1.807) is 4.90 Å². The third-order valence-electron chi connectivity index (χ3n) is 5.33. The van der Waals surface area contributed by atoms with Gasteiger partial charge >= 0.3 is 0 Å². The van der Waals surface area contributed by atoms with Crippen molar-refractivity contribution in [1.82, 2.24) is 10.2 Å². The molecule has 1 heterocycles. The number of amides is 2. The highest BCUT2D eigenvalue weighted by molar-refractivity contribution is 5.87. The molecule has 19 heavy (non-hydrogen) atoms. The van der Waals surface area contributed by atoms with Crippen molar-refractivity contribution >= 4 is 11.8 Å². The molecule has 1 unspecified atom stereocenters. The Morgan fingerprint density at radius 3 is 2.63 bits per heavy atom. The first-order valence-electron chi connectivity index (χ1n) is 7.70. The van der Waals surface area contributed by atoms with E-state index in [4.69, 9.17) is 0 Å². The van der Waals surface area contributed by atoms with Gasteiger partial charge in [0.2, 0.25) is 11.8 Å². The maximum atomic E-state index is 12.2. The SMILES string of the molecule is CC(C(=O)NC1CC2(CCC2)C1)N1CCCCC1=O. The van der Waals surface area contributed by atoms with E-state index < -0.39 is 0 Å². The molecule has 3 aliphatic rings. The summed E-state index contributed by atoms with van der Waals surface area (Å²) in [6.45, 7) is 2.60. The molecule has 2 aliphatic carbocycles. The summed E-state index contributed by atoms with van der Waals surface area (Å²) in [6.07, 6.45) is 8.95. The Morgan fingerprint density at radius 1 is 1.32 bits per heavy atom. The van der Waals surface area contributed by atoms with Crippen LogP contribution in [0.5, 0.6) is 0 Å². The lowest BCUT2D eigenvalue weighted by atomic mass is 9.54. The lowest BCUT2D eigenvalue weighted by Gasteiger charge is -2.54. The van der Waals surface area contributed by atoms with E-state index in [1.165, 1.54) is 19.3 Å². The summed E-state index contributed by atoms with van der Waals surface area (Å²) in [4.78, 5) is 25.8. The van der Waals surface area contributed by atoms with Gasteiger partial charge in [0.05, 0.1) is 0 Å². The summed E-state index contributed by atoms with van der Waals surface area (Å²) < 4.78 is 0. The smallest absolute Gasteiger partial charge is 0.242 e. The zero-order valence-electron chi connectivity index (χ0n) is 11.8. The molecule has 4 nitrogen and oxygen atoms in total. The molecule has 4 heteroatoms. The van der Waals surface area contributed by atoms with Crippen molar-refractivity contribution in [3.05, 3.63) is 0 Å². The van der Waals surface area contributed by atoms with Gasteiger partial charge in [0.15, 0.2) is 0 Å². The van der Waals surface area contributed by atoms with Crippen molar-refractivity contribution in [2.24, 2.45) is 5.41 Å². The Bertz CT molecular complexity index is 382. The molecule has 0 radical (unpaired) electrons. The third-order valence-corrected chi connectivity index (χ3v) is 5.33. The zero-order valence-corrected chi connectivity index (χ0v) is 11.8. The van der Waals surface area contributed by atoms with Crippen LogP contribution in [0.4, 0.5) is 0 Å². The largest absolute Gasteiger partial charge is 0.352 e. The minimum absolute atomic E-state index is 0.0365. The molecule has 2 saturated carbocycles. The first-order chi connectivity index (χ1) is 9.10.